The molecule has 0 fully saturated rings. The molecule has 2 amide bonds. The Labute approximate surface area is 152 Å². The van der Waals surface area contributed by atoms with Gasteiger partial charge >= 0.3 is 6.03 Å². The van der Waals surface area contributed by atoms with Crippen LogP contribution in [0.5, 0.6) is 0 Å². The Bertz CT molecular complexity index is 1060. The summed E-state index contributed by atoms with van der Waals surface area (Å²) in [6, 6.07) is 7.15. The minimum absolute atomic E-state index is 0.339. The Kier molecular flexibility index (Phi) is 4.28. The molecule has 4 aromatic rings. The second kappa shape index (κ2) is 6.89. The van der Waals surface area contributed by atoms with Crippen molar-refractivity contribution in [3.8, 4) is 11.3 Å². The van der Waals surface area contributed by atoms with Crippen LogP contribution < -0.4 is 10.6 Å². The molecule has 0 aliphatic heterocycles. The van der Waals surface area contributed by atoms with Crippen LogP contribution in [0.3, 0.4) is 0 Å². The molecule has 0 aliphatic rings. The van der Waals surface area contributed by atoms with E-state index in [4.69, 9.17) is 0 Å². The van der Waals surface area contributed by atoms with E-state index >= 15 is 0 Å². The van der Waals surface area contributed by atoms with Crippen molar-refractivity contribution in [1.29, 1.82) is 0 Å². The van der Waals surface area contributed by atoms with Gasteiger partial charge in [-0.1, -0.05) is 0 Å². The molecular formula is C17H15N7OS. The number of hydrogen-bond acceptors (Lipinski definition) is 6. The van der Waals surface area contributed by atoms with Crippen LogP contribution in [0.4, 0.5) is 10.6 Å². The number of aromatic nitrogens is 5. The van der Waals surface area contributed by atoms with Crippen LogP contribution in [0.1, 0.15) is 11.4 Å². The monoisotopic (exact) mass is 365 g/mol. The molecule has 3 N–H and O–H groups in total. The Balaban J connectivity index is 1.50. The van der Waals surface area contributed by atoms with E-state index < -0.39 is 0 Å². The molecule has 0 aliphatic carbocycles. The minimum Gasteiger partial charge on any atom is -0.332 e. The van der Waals surface area contributed by atoms with Gasteiger partial charge in [-0.2, -0.15) is 9.47 Å². The second-order valence-corrected chi connectivity index (χ2v) is 6.34. The average Bonchev–Trinajstić information content (AvgIpc) is 3.29. The quantitative estimate of drug-likeness (QED) is 0.515. The van der Waals surface area contributed by atoms with E-state index in [1.807, 2.05) is 30.5 Å². The first-order valence-corrected chi connectivity index (χ1v) is 8.74. The summed E-state index contributed by atoms with van der Waals surface area (Å²) in [6.07, 6.45) is 3.45. The van der Waals surface area contributed by atoms with Gasteiger partial charge in [0.15, 0.2) is 0 Å². The number of pyridine rings is 2. The molecule has 0 saturated carbocycles. The first kappa shape index (κ1) is 16.2. The third kappa shape index (κ3) is 3.38. The van der Waals surface area contributed by atoms with Crippen molar-refractivity contribution >= 4 is 34.3 Å². The number of carbonyl (C=O) groups is 1. The van der Waals surface area contributed by atoms with Gasteiger partial charge in [-0.3, -0.25) is 15.4 Å². The van der Waals surface area contributed by atoms with Crippen LogP contribution >= 0.6 is 11.5 Å². The molecular weight excluding hydrogens is 350 g/mol. The predicted molar refractivity (Wildman–Crippen MR) is 99.8 cm³/mol. The summed E-state index contributed by atoms with van der Waals surface area (Å²) >= 11 is 1.35. The van der Waals surface area contributed by atoms with Crippen LogP contribution in [-0.2, 0) is 6.54 Å². The van der Waals surface area contributed by atoms with Crippen LogP contribution in [0, 0.1) is 6.92 Å². The first-order valence-electron chi connectivity index (χ1n) is 7.90. The second-order valence-electron chi connectivity index (χ2n) is 5.67. The maximum atomic E-state index is 12.0. The standard InChI is InChI=1S/C17H15N7OS/c1-10-6-11(2-4-18-10)16-13-9-19-15(7-14(13)22-23-16)21-17(25)20-8-12-3-5-26-24-12/h2-7,9H,8H2,1H3,(H,22,23)(H2,19,20,21,25). The normalized spacial score (nSPS) is 10.8. The number of fused-ring (bicyclic) bond motifs is 1. The predicted octanol–water partition coefficient (Wildman–Crippen LogP) is 3.11. The van der Waals surface area contributed by atoms with E-state index in [0.717, 1.165) is 33.5 Å². The van der Waals surface area contributed by atoms with Crippen LogP contribution in [0.2, 0.25) is 0 Å². The van der Waals surface area contributed by atoms with Gasteiger partial charge in [0.1, 0.15) is 11.5 Å². The van der Waals surface area contributed by atoms with E-state index in [0.29, 0.717) is 12.4 Å². The average molecular weight is 365 g/mol. The lowest BCUT2D eigenvalue weighted by atomic mass is 10.1. The molecule has 4 aromatic heterocycles. The largest absolute Gasteiger partial charge is 0.332 e. The van der Waals surface area contributed by atoms with Gasteiger partial charge in [0.2, 0.25) is 0 Å². The molecule has 0 unspecified atom stereocenters. The SMILES string of the molecule is Cc1cc(-c2n[nH]c3cc(NC(=O)NCc4ccsn4)ncc23)ccn1. The Morgan fingerprint density at radius 3 is 3.00 bits per heavy atom. The zero-order valence-corrected chi connectivity index (χ0v) is 14.7. The number of anilines is 1. The lowest BCUT2D eigenvalue weighted by molar-refractivity contribution is 0.251. The van der Waals surface area contributed by atoms with Gasteiger partial charge in [-0.25, -0.2) is 9.78 Å². The molecule has 0 atom stereocenters. The van der Waals surface area contributed by atoms with Gasteiger partial charge in [0, 0.05) is 40.5 Å². The smallest absolute Gasteiger partial charge is 0.320 e. The number of rotatable bonds is 4. The summed E-state index contributed by atoms with van der Waals surface area (Å²) in [5.74, 6) is 0.439. The summed E-state index contributed by atoms with van der Waals surface area (Å²) in [5, 5.41) is 15.5. The maximum absolute atomic E-state index is 12.0. The fraction of sp³-hybridized carbons (Fsp3) is 0.118. The highest BCUT2D eigenvalue weighted by Gasteiger charge is 2.11. The Morgan fingerprint density at radius 2 is 2.19 bits per heavy atom. The number of amides is 2. The van der Waals surface area contributed by atoms with Gasteiger partial charge in [-0.05, 0) is 36.7 Å². The highest BCUT2D eigenvalue weighted by atomic mass is 32.1. The van der Waals surface area contributed by atoms with Crippen molar-refractivity contribution in [2.24, 2.45) is 0 Å². The van der Waals surface area contributed by atoms with Crippen LogP contribution in [-0.4, -0.2) is 30.6 Å². The van der Waals surface area contributed by atoms with Crippen molar-refractivity contribution in [1.82, 2.24) is 29.9 Å². The molecule has 9 heteroatoms. The van der Waals surface area contributed by atoms with Crippen molar-refractivity contribution < 1.29 is 4.79 Å². The lowest BCUT2D eigenvalue weighted by Gasteiger charge is -2.06. The number of nitrogens with one attached hydrogen (secondary N) is 3. The number of nitrogens with zero attached hydrogens (tertiary/aromatic N) is 4. The molecule has 26 heavy (non-hydrogen) atoms. The van der Waals surface area contributed by atoms with Crippen molar-refractivity contribution in [3.63, 3.8) is 0 Å². The highest BCUT2D eigenvalue weighted by Crippen LogP contribution is 2.26. The van der Waals surface area contributed by atoms with Crippen molar-refractivity contribution in [2.45, 2.75) is 13.5 Å². The van der Waals surface area contributed by atoms with Gasteiger partial charge in [0.25, 0.3) is 0 Å². The fourth-order valence-corrected chi connectivity index (χ4v) is 3.09. The third-order valence-electron chi connectivity index (χ3n) is 3.78. The molecule has 0 radical (unpaired) electrons. The maximum Gasteiger partial charge on any atom is 0.320 e. The number of hydrogen-bond donors (Lipinski definition) is 3. The van der Waals surface area contributed by atoms with E-state index in [2.05, 4.69) is 35.2 Å². The number of H-pyrrole nitrogens is 1. The zero-order chi connectivity index (χ0) is 17.9. The lowest BCUT2D eigenvalue weighted by Crippen LogP contribution is -2.28. The first-order chi connectivity index (χ1) is 12.7. The Hall–Kier alpha value is -3.33. The van der Waals surface area contributed by atoms with Gasteiger partial charge in [-0.15, -0.1) is 0 Å². The summed E-state index contributed by atoms with van der Waals surface area (Å²) in [5.41, 5.74) is 4.30. The van der Waals surface area contributed by atoms with E-state index in [9.17, 15) is 4.79 Å². The van der Waals surface area contributed by atoms with E-state index in [1.54, 1.807) is 18.5 Å². The number of aromatic amines is 1. The zero-order valence-electron chi connectivity index (χ0n) is 13.9. The fourth-order valence-electron chi connectivity index (χ4n) is 2.55. The summed E-state index contributed by atoms with van der Waals surface area (Å²) in [7, 11) is 0. The molecule has 4 heterocycles. The number of aryl methyl sites for hydroxylation is 1. The molecule has 4 rings (SSSR count). The van der Waals surface area contributed by atoms with E-state index in [1.165, 1.54) is 11.5 Å². The number of urea groups is 1. The van der Waals surface area contributed by atoms with Crippen molar-refractivity contribution in [2.75, 3.05) is 5.32 Å². The Morgan fingerprint density at radius 1 is 1.27 bits per heavy atom. The highest BCUT2D eigenvalue weighted by molar-refractivity contribution is 7.03. The summed E-state index contributed by atoms with van der Waals surface area (Å²) in [4.78, 5) is 20.5. The minimum atomic E-state index is -0.339. The summed E-state index contributed by atoms with van der Waals surface area (Å²) in [6.45, 7) is 2.30. The molecule has 0 saturated heterocycles. The topological polar surface area (TPSA) is 108 Å². The van der Waals surface area contributed by atoms with Crippen molar-refractivity contribution in [3.05, 3.63) is 53.4 Å². The molecule has 0 bridgehead atoms. The van der Waals surface area contributed by atoms with Crippen LogP contribution in [0.15, 0.2) is 42.0 Å². The third-order valence-corrected chi connectivity index (χ3v) is 4.38. The molecule has 0 spiro atoms. The summed E-state index contributed by atoms with van der Waals surface area (Å²) < 4.78 is 4.14. The van der Waals surface area contributed by atoms with Crippen LogP contribution in [0.25, 0.3) is 22.2 Å². The molecule has 0 aromatic carbocycles. The number of carbonyl (C=O) groups excluding carboxylic acids is 1. The van der Waals surface area contributed by atoms with Gasteiger partial charge < -0.3 is 5.32 Å². The molecule has 130 valence electrons. The molecule has 8 nitrogen and oxygen atoms in total. The van der Waals surface area contributed by atoms with Gasteiger partial charge in [0.05, 0.1) is 17.8 Å². The van der Waals surface area contributed by atoms with E-state index in [-0.39, 0.29) is 6.03 Å².